The van der Waals surface area contributed by atoms with Gasteiger partial charge in [0.1, 0.15) is 18.3 Å². The number of hydrogen-bond acceptors (Lipinski definition) is 5. The normalized spacial score (nSPS) is 11.9. The third kappa shape index (κ3) is 6.89. The number of ether oxygens (including phenoxy) is 1. The van der Waals surface area contributed by atoms with Crippen molar-refractivity contribution in [1.82, 2.24) is 10.2 Å². The van der Waals surface area contributed by atoms with Gasteiger partial charge < -0.3 is 15.0 Å². The average Bonchev–Trinajstić information content (AvgIpc) is 2.93. The van der Waals surface area contributed by atoms with Crippen molar-refractivity contribution < 1.29 is 22.7 Å². The van der Waals surface area contributed by atoms with E-state index in [9.17, 15) is 18.0 Å². The number of nitrogens with one attached hydrogen (secondary N) is 1. The molecule has 1 atom stereocenters. The van der Waals surface area contributed by atoms with E-state index in [2.05, 4.69) is 5.32 Å². The SMILES string of the molecule is CCOc1ccc(N(CC(=O)N(Cc2ccccc2)[C@@H](CC)C(=O)NC)S(=O)(=O)c2ccccc2)cc1. The van der Waals surface area contributed by atoms with Gasteiger partial charge in [-0.3, -0.25) is 13.9 Å². The first-order valence-electron chi connectivity index (χ1n) is 12.2. The number of hydrogen-bond donors (Lipinski definition) is 1. The lowest BCUT2D eigenvalue weighted by molar-refractivity contribution is -0.140. The number of carbonyl (C=O) groups excluding carboxylic acids is 2. The van der Waals surface area contributed by atoms with Crippen LogP contribution in [0.15, 0.2) is 89.8 Å². The van der Waals surface area contributed by atoms with Crippen LogP contribution in [0.1, 0.15) is 25.8 Å². The van der Waals surface area contributed by atoms with E-state index < -0.39 is 28.5 Å². The minimum absolute atomic E-state index is 0.0598. The highest BCUT2D eigenvalue weighted by Gasteiger charge is 2.33. The second-order valence-electron chi connectivity index (χ2n) is 8.30. The number of nitrogens with zero attached hydrogens (tertiary/aromatic N) is 2. The minimum Gasteiger partial charge on any atom is -0.494 e. The molecule has 0 aliphatic rings. The molecule has 0 aliphatic heterocycles. The Morgan fingerprint density at radius 2 is 1.49 bits per heavy atom. The fourth-order valence-electron chi connectivity index (χ4n) is 3.99. The number of rotatable bonds is 12. The molecule has 0 saturated heterocycles. The summed E-state index contributed by atoms with van der Waals surface area (Å²) in [7, 11) is -2.58. The summed E-state index contributed by atoms with van der Waals surface area (Å²) in [5.74, 6) is -0.219. The molecule has 1 N–H and O–H groups in total. The van der Waals surface area contributed by atoms with Crippen LogP contribution in [-0.2, 0) is 26.2 Å². The van der Waals surface area contributed by atoms with Gasteiger partial charge in [-0.25, -0.2) is 8.42 Å². The van der Waals surface area contributed by atoms with Gasteiger partial charge in [0.2, 0.25) is 11.8 Å². The first-order chi connectivity index (χ1) is 17.8. The molecule has 3 aromatic rings. The molecule has 0 bridgehead atoms. The Labute approximate surface area is 218 Å². The molecule has 0 unspecified atom stereocenters. The highest BCUT2D eigenvalue weighted by Crippen LogP contribution is 2.26. The zero-order valence-electron chi connectivity index (χ0n) is 21.3. The molecular formula is C28H33N3O5S. The molecule has 0 saturated carbocycles. The Bertz CT molecular complexity index is 1270. The number of likely N-dealkylation sites (N-methyl/N-ethyl adjacent to an activating group) is 1. The number of anilines is 1. The van der Waals surface area contributed by atoms with Crippen molar-refractivity contribution in [2.45, 2.75) is 37.8 Å². The minimum atomic E-state index is -4.09. The predicted octanol–water partition coefficient (Wildman–Crippen LogP) is 3.83. The largest absolute Gasteiger partial charge is 0.494 e. The molecule has 37 heavy (non-hydrogen) atoms. The van der Waals surface area contributed by atoms with Crippen LogP contribution in [0, 0.1) is 0 Å². The Kier molecular flexibility index (Phi) is 9.68. The number of amides is 2. The summed E-state index contributed by atoms with van der Waals surface area (Å²) in [6.45, 7) is 3.82. The van der Waals surface area contributed by atoms with E-state index in [1.165, 1.54) is 24.1 Å². The van der Waals surface area contributed by atoms with E-state index in [0.717, 1.165) is 9.87 Å². The van der Waals surface area contributed by atoms with Gasteiger partial charge in [-0.1, -0.05) is 55.5 Å². The topological polar surface area (TPSA) is 96.0 Å². The van der Waals surface area contributed by atoms with Gasteiger partial charge in [-0.2, -0.15) is 0 Å². The lowest BCUT2D eigenvalue weighted by atomic mass is 10.1. The fourth-order valence-corrected chi connectivity index (χ4v) is 5.43. The van der Waals surface area contributed by atoms with Gasteiger partial charge in [0.25, 0.3) is 10.0 Å². The summed E-state index contributed by atoms with van der Waals surface area (Å²) < 4.78 is 34.0. The summed E-state index contributed by atoms with van der Waals surface area (Å²) in [6.07, 6.45) is 0.368. The molecule has 0 fully saturated rings. The maximum atomic E-state index is 13.8. The lowest BCUT2D eigenvalue weighted by Crippen LogP contribution is -2.51. The van der Waals surface area contributed by atoms with E-state index in [1.54, 1.807) is 42.5 Å². The van der Waals surface area contributed by atoms with Crippen LogP contribution in [0.4, 0.5) is 5.69 Å². The van der Waals surface area contributed by atoms with Gasteiger partial charge in [0.15, 0.2) is 0 Å². The quantitative estimate of drug-likeness (QED) is 0.389. The molecular weight excluding hydrogens is 490 g/mol. The summed E-state index contributed by atoms with van der Waals surface area (Å²) in [5, 5.41) is 2.62. The van der Waals surface area contributed by atoms with Crippen LogP contribution in [0.25, 0.3) is 0 Å². The zero-order chi connectivity index (χ0) is 26.8. The van der Waals surface area contributed by atoms with Crippen molar-refractivity contribution in [3.05, 3.63) is 90.5 Å². The Balaban J connectivity index is 2.03. The summed E-state index contributed by atoms with van der Waals surface area (Å²) in [5.41, 5.74) is 1.14. The predicted molar refractivity (Wildman–Crippen MR) is 144 cm³/mol. The average molecular weight is 524 g/mol. The Morgan fingerprint density at radius 3 is 2.03 bits per heavy atom. The lowest BCUT2D eigenvalue weighted by Gasteiger charge is -2.33. The van der Waals surface area contributed by atoms with Gasteiger partial charge in [-0.05, 0) is 55.3 Å². The standard InChI is InChI=1S/C28H33N3O5S/c1-4-26(28(33)29-3)30(20-22-12-8-6-9-13-22)27(32)21-31(23-16-18-24(19-17-23)36-5-2)37(34,35)25-14-10-7-11-15-25/h6-19,26H,4-5,20-21H2,1-3H3,(H,29,33)/t26-/m0/s1. The summed E-state index contributed by atoms with van der Waals surface area (Å²) >= 11 is 0. The van der Waals surface area contributed by atoms with Gasteiger partial charge >= 0.3 is 0 Å². The van der Waals surface area contributed by atoms with Crippen LogP contribution >= 0.6 is 0 Å². The van der Waals surface area contributed by atoms with Crippen molar-refractivity contribution in [3.63, 3.8) is 0 Å². The van der Waals surface area contributed by atoms with Crippen molar-refractivity contribution in [1.29, 1.82) is 0 Å². The molecule has 9 heteroatoms. The maximum Gasteiger partial charge on any atom is 0.264 e. The number of benzene rings is 3. The zero-order valence-corrected chi connectivity index (χ0v) is 22.1. The van der Waals surface area contributed by atoms with E-state index in [0.29, 0.717) is 24.5 Å². The van der Waals surface area contributed by atoms with Crippen LogP contribution in [0.3, 0.4) is 0 Å². The molecule has 0 aromatic heterocycles. The van der Waals surface area contributed by atoms with Crippen molar-refractivity contribution in [2.75, 3.05) is 24.5 Å². The van der Waals surface area contributed by atoms with Crippen molar-refractivity contribution >= 4 is 27.5 Å². The van der Waals surface area contributed by atoms with E-state index in [-0.39, 0.29) is 17.3 Å². The molecule has 0 aliphatic carbocycles. The third-order valence-corrected chi connectivity index (χ3v) is 7.66. The summed E-state index contributed by atoms with van der Waals surface area (Å²) in [6, 6.07) is 23.0. The maximum absolute atomic E-state index is 13.8. The van der Waals surface area contributed by atoms with Crippen LogP contribution in [0.5, 0.6) is 5.75 Å². The molecule has 0 radical (unpaired) electrons. The monoisotopic (exact) mass is 523 g/mol. The van der Waals surface area contributed by atoms with Gasteiger partial charge in [-0.15, -0.1) is 0 Å². The second kappa shape index (κ2) is 12.9. The molecule has 0 spiro atoms. The van der Waals surface area contributed by atoms with Crippen molar-refractivity contribution in [2.24, 2.45) is 0 Å². The van der Waals surface area contributed by atoms with Crippen LogP contribution < -0.4 is 14.4 Å². The Morgan fingerprint density at radius 1 is 0.892 bits per heavy atom. The highest BCUT2D eigenvalue weighted by atomic mass is 32.2. The Hall–Kier alpha value is -3.85. The van der Waals surface area contributed by atoms with Gasteiger partial charge in [0, 0.05) is 13.6 Å². The molecule has 196 valence electrons. The van der Waals surface area contributed by atoms with Crippen LogP contribution in [-0.4, -0.2) is 51.4 Å². The summed E-state index contributed by atoms with van der Waals surface area (Å²) in [4.78, 5) is 28.0. The first-order valence-corrected chi connectivity index (χ1v) is 13.6. The third-order valence-electron chi connectivity index (χ3n) is 5.87. The fraction of sp³-hybridized carbons (Fsp3) is 0.286. The van der Waals surface area contributed by atoms with Crippen LogP contribution in [0.2, 0.25) is 0 Å². The molecule has 0 heterocycles. The van der Waals surface area contributed by atoms with E-state index in [1.807, 2.05) is 44.2 Å². The molecule has 3 aromatic carbocycles. The number of carbonyl (C=O) groups is 2. The number of sulfonamides is 1. The smallest absolute Gasteiger partial charge is 0.264 e. The molecule has 3 rings (SSSR count). The van der Waals surface area contributed by atoms with E-state index in [4.69, 9.17) is 4.74 Å². The highest BCUT2D eigenvalue weighted by molar-refractivity contribution is 7.92. The second-order valence-corrected chi connectivity index (χ2v) is 10.2. The first kappa shape index (κ1) is 27.7. The van der Waals surface area contributed by atoms with E-state index >= 15 is 0 Å². The molecule has 8 nitrogen and oxygen atoms in total. The van der Waals surface area contributed by atoms with Gasteiger partial charge in [0.05, 0.1) is 17.2 Å². The van der Waals surface area contributed by atoms with Crippen molar-refractivity contribution in [3.8, 4) is 5.75 Å². The molecule has 2 amide bonds.